The molecule has 0 fully saturated rings. The van der Waals surface area contributed by atoms with E-state index in [0.717, 1.165) is 5.56 Å². The minimum absolute atomic E-state index is 0.0954. The number of aromatic nitrogens is 1. The topological polar surface area (TPSA) is 68.0 Å². The van der Waals surface area contributed by atoms with Gasteiger partial charge in [0.1, 0.15) is 0 Å². The van der Waals surface area contributed by atoms with Crippen molar-refractivity contribution in [1.82, 2.24) is 10.3 Å². The average Bonchev–Trinajstić information content (AvgIpc) is 2.15. The standard InChI is InChI=1S/C10H11N3O/c1-8(14)13-5-2-3-9-4-6-12-7-10(9)11/h4,6-7H,5,11H2,1H3,(H,13,14). The second-order valence-electron chi connectivity index (χ2n) is 2.67. The van der Waals surface area contributed by atoms with E-state index in [1.165, 1.54) is 6.92 Å². The molecule has 0 aliphatic rings. The summed E-state index contributed by atoms with van der Waals surface area (Å²) in [5.74, 6) is 5.53. The van der Waals surface area contributed by atoms with E-state index in [0.29, 0.717) is 12.2 Å². The zero-order valence-electron chi connectivity index (χ0n) is 7.87. The number of carbonyl (C=O) groups excluding carboxylic acids is 1. The van der Waals surface area contributed by atoms with Gasteiger partial charge in [-0.25, -0.2) is 0 Å². The number of nitrogens with two attached hydrogens (primary N) is 1. The lowest BCUT2D eigenvalue weighted by Gasteiger charge is -1.95. The molecule has 1 heterocycles. The molecule has 14 heavy (non-hydrogen) atoms. The van der Waals surface area contributed by atoms with Crippen LogP contribution >= 0.6 is 0 Å². The monoisotopic (exact) mass is 189 g/mol. The highest BCUT2D eigenvalue weighted by Crippen LogP contribution is 2.05. The highest BCUT2D eigenvalue weighted by Gasteiger charge is 1.91. The summed E-state index contributed by atoms with van der Waals surface area (Å²) >= 11 is 0. The van der Waals surface area contributed by atoms with Crippen molar-refractivity contribution in [2.45, 2.75) is 6.92 Å². The quantitative estimate of drug-likeness (QED) is 0.618. The van der Waals surface area contributed by atoms with Crippen LogP contribution in [-0.2, 0) is 4.79 Å². The van der Waals surface area contributed by atoms with Crippen molar-refractivity contribution >= 4 is 11.6 Å². The van der Waals surface area contributed by atoms with Crippen molar-refractivity contribution in [1.29, 1.82) is 0 Å². The molecule has 0 radical (unpaired) electrons. The molecular formula is C10H11N3O. The summed E-state index contributed by atoms with van der Waals surface area (Å²) in [6, 6.07) is 1.73. The number of hydrogen-bond donors (Lipinski definition) is 2. The molecule has 0 bridgehead atoms. The van der Waals surface area contributed by atoms with Crippen LogP contribution in [0.3, 0.4) is 0 Å². The summed E-state index contributed by atoms with van der Waals surface area (Å²) in [5, 5.41) is 2.57. The predicted molar refractivity (Wildman–Crippen MR) is 54.2 cm³/mol. The molecule has 0 aliphatic heterocycles. The van der Waals surface area contributed by atoms with Gasteiger partial charge in [-0.15, -0.1) is 0 Å². The number of hydrogen-bond acceptors (Lipinski definition) is 3. The van der Waals surface area contributed by atoms with Crippen LogP contribution in [0.2, 0.25) is 0 Å². The van der Waals surface area contributed by atoms with E-state index in [-0.39, 0.29) is 5.91 Å². The van der Waals surface area contributed by atoms with Crippen LogP contribution in [0.5, 0.6) is 0 Å². The molecule has 4 heteroatoms. The van der Waals surface area contributed by atoms with Gasteiger partial charge in [0.2, 0.25) is 5.91 Å². The van der Waals surface area contributed by atoms with Crippen LogP contribution in [-0.4, -0.2) is 17.4 Å². The van der Waals surface area contributed by atoms with E-state index >= 15 is 0 Å². The summed E-state index contributed by atoms with van der Waals surface area (Å²) in [6.07, 6.45) is 3.17. The Labute approximate surface area is 82.5 Å². The SMILES string of the molecule is CC(=O)NCC#Cc1ccncc1N. The maximum atomic E-state index is 10.5. The summed E-state index contributed by atoms with van der Waals surface area (Å²) in [7, 11) is 0. The summed E-state index contributed by atoms with van der Waals surface area (Å²) < 4.78 is 0. The number of nitrogens with one attached hydrogen (secondary N) is 1. The van der Waals surface area contributed by atoms with Crippen LogP contribution in [0.4, 0.5) is 5.69 Å². The normalized spacial score (nSPS) is 8.64. The molecule has 1 aromatic rings. The van der Waals surface area contributed by atoms with Gasteiger partial charge in [0.15, 0.2) is 0 Å². The van der Waals surface area contributed by atoms with E-state index in [1.54, 1.807) is 18.5 Å². The highest BCUT2D eigenvalue weighted by atomic mass is 16.1. The van der Waals surface area contributed by atoms with Crippen LogP contribution in [0.15, 0.2) is 18.5 Å². The number of amides is 1. The Hall–Kier alpha value is -2.02. The van der Waals surface area contributed by atoms with Gasteiger partial charge in [0, 0.05) is 13.1 Å². The Balaban J connectivity index is 2.59. The fourth-order valence-electron chi connectivity index (χ4n) is 0.829. The zero-order chi connectivity index (χ0) is 10.4. The van der Waals surface area contributed by atoms with E-state index in [4.69, 9.17) is 5.73 Å². The number of pyridine rings is 1. The fraction of sp³-hybridized carbons (Fsp3) is 0.200. The third-order valence-corrected chi connectivity index (χ3v) is 1.50. The maximum Gasteiger partial charge on any atom is 0.217 e. The number of nitrogen functional groups attached to an aromatic ring is 1. The van der Waals surface area contributed by atoms with Crippen molar-refractivity contribution in [3.8, 4) is 11.8 Å². The molecule has 3 N–H and O–H groups in total. The first-order chi connectivity index (χ1) is 6.70. The molecule has 0 unspecified atom stereocenters. The number of rotatable bonds is 1. The Morgan fingerprint density at radius 1 is 1.71 bits per heavy atom. The van der Waals surface area contributed by atoms with Crippen LogP contribution in [0.1, 0.15) is 12.5 Å². The third-order valence-electron chi connectivity index (χ3n) is 1.50. The zero-order valence-corrected chi connectivity index (χ0v) is 7.87. The first-order valence-electron chi connectivity index (χ1n) is 4.13. The van der Waals surface area contributed by atoms with Crippen molar-refractivity contribution in [3.63, 3.8) is 0 Å². The number of nitrogens with zero attached hydrogens (tertiary/aromatic N) is 1. The minimum Gasteiger partial charge on any atom is -0.396 e. The lowest BCUT2D eigenvalue weighted by atomic mass is 10.2. The number of anilines is 1. The molecule has 0 aromatic carbocycles. The second-order valence-corrected chi connectivity index (χ2v) is 2.67. The fourth-order valence-corrected chi connectivity index (χ4v) is 0.829. The van der Waals surface area contributed by atoms with E-state index in [1.807, 2.05) is 0 Å². The summed E-state index contributed by atoms with van der Waals surface area (Å²) in [6.45, 7) is 1.78. The first kappa shape index (κ1) is 10.1. The van der Waals surface area contributed by atoms with E-state index in [2.05, 4.69) is 22.1 Å². The minimum atomic E-state index is -0.0954. The van der Waals surface area contributed by atoms with Gasteiger partial charge in [0.25, 0.3) is 0 Å². The van der Waals surface area contributed by atoms with Gasteiger partial charge in [-0.1, -0.05) is 11.8 Å². The maximum absolute atomic E-state index is 10.5. The molecule has 0 spiro atoms. The largest absolute Gasteiger partial charge is 0.396 e. The van der Waals surface area contributed by atoms with Gasteiger partial charge in [-0.2, -0.15) is 0 Å². The van der Waals surface area contributed by atoms with Gasteiger partial charge < -0.3 is 11.1 Å². The van der Waals surface area contributed by atoms with Gasteiger partial charge in [-0.05, 0) is 6.07 Å². The lowest BCUT2D eigenvalue weighted by molar-refractivity contribution is -0.118. The van der Waals surface area contributed by atoms with Crippen LogP contribution < -0.4 is 11.1 Å². The molecule has 0 saturated heterocycles. The molecule has 1 rings (SSSR count). The molecule has 1 amide bonds. The molecule has 0 aliphatic carbocycles. The van der Waals surface area contributed by atoms with Gasteiger partial charge >= 0.3 is 0 Å². The van der Waals surface area contributed by atoms with E-state index in [9.17, 15) is 4.79 Å². The summed E-state index contributed by atoms with van der Waals surface area (Å²) in [5.41, 5.74) is 6.88. The molecule has 4 nitrogen and oxygen atoms in total. The summed E-state index contributed by atoms with van der Waals surface area (Å²) in [4.78, 5) is 14.3. The van der Waals surface area contributed by atoms with E-state index < -0.39 is 0 Å². The Kier molecular flexibility index (Phi) is 3.50. The molecule has 72 valence electrons. The van der Waals surface area contributed by atoms with Crippen molar-refractivity contribution < 1.29 is 4.79 Å². The Morgan fingerprint density at radius 2 is 2.50 bits per heavy atom. The first-order valence-corrected chi connectivity index (χ1v) is 4.13. The molecule has 0 atom stereocenters. The smallest absolute Gasteiger partial charge is 0.217 e. The number of carbonyl (C=O) groups is 1. The molecule has 1 aromatic heterocycles. The van der Waals surface area contributed by atoms with Gasteiger partial charge in [0.05, 0.1) is 24.0 Å². The van der Waals surface area contributed by atoms with Crippen LogP contribution in [0.25, 0.3) is 0 Å². The van der Waals surface area contributed by atoms with Crippen molar-refractivity contribution in [2.75, 3.05) is 12.3 Å². The highest BCUT2D eigenvalue weighted by molar-refractivity contribution is 5.73. The van der Waals surface area contributed by atoms with Crippen LogP contribution in [0, 0.1) is 11.8 Å². The average molecular weight is 189 g/mol. The lowest BCUT2D eigenvalue weighted by Crippen LogP contribution is -2.19. The Morgan fingerprint density at radius 3 is 3.14 bits per heavy atom. The molecular weight excluding hydrogens is 178 g/mol. The third kappa shape index (κ3) is 3.15. The molecule has 0 saturated carbocycles. The Bertz CT molecular complexity index is 390. The second kappa shape index (κ2) is 4.87. The van der Waals surface area contributed by atoms with Crippen molar-refractivity contribution in [2.24, 2.45) is 0 Å². The predicted octanol–water partition coefficient (Wildman–Crippen LogP) is 0.151. The van der Waals surface area contributed by atoms with Gasteiger partial charge in [-0.3, -0.25) is 9.78 Å². The van der Waals surface area contributed by atoms with Crippen molar-refractivity contribution in [3.05, 3.63) is 24.0 Å².